The number of hydrogen-bond acceptors (Lipinski definition) is 4. The van der Waals surface area contributed by atoms with Crippen LogP contribution in [0.3, 0.4) is 0 Å². The maximum absolute atomic E-state index is 7.73. The fraction of sp³-hybridized carbons (Fsp3) is 0.453. The molecule has 29 aromatic carbocycles. The molecule has 2 spiro atoms. The molecule has 1 unspecified atom stereocenters. The lowest BCUT2D eigenvalue weighted by Crippen LogP contribution is -2.51. The number of benzene rings is 19. The molecule has 0 aromatic heterocycles. The predicted molar refractivity (Wildman–Crippen MR) is 523 cm³/mol. The van der Waals surface area contributed by atoms with E-state index in [1.54, 1.807) is 313 Å². The van der Waals surface area contributed by atoms with Crippen LogP contribution in [-0.4, -0.2) is 38.3 Å². The molecule has 121 heavy (non-hydrogen) atoms. The normalized spacial score (nSPS) is 18.8. The summed E-state index contributed by atoms with van der Waals surface area (Å²) in [6.45, 7) is 10.0. The van der Waals surface area contributed by atoms with E-state index >= 15 is 0 Å². The van der Waals surface area contributed by atoms with E-state index in [4.69, 9.17) is 14.2 Å². The molecule has 1 atom stereocenters. The van der Waals surface area contributed by atoms with Crippen LogP contribution in [0.4, 0.5) is 0 Å². The fourth-order valence-corrected chi connectivity index (χ4v) is 34.1. The Hall–Kier alpha value is -8.96. The second-order valence-corrected chi connectivity index (χ2v) is 43.0. The van der Waals surface area contributed by atoms with E-state index in [9.17, 15) is 0 Å². The van der Waals surface area contributed by atoms with Crippen LogP contribution >= 0.6 is 0 Å². The van der Waals surface area contributed by atoms with E-state index in [1.165, 1.54) is 256 Å². The van der Waals surface area contributed by atoms with Crippen molar-refractivity contribution in [3.05, 3.63) is 39.9 Å². The van der Waals surface area contributed by atoms with Gasteiger partial charge in [0, 0.05) is 12.6 Å². The van der Waals surface area contributed by atoms with Crippen molar-refractivity contribution < 1.29 is 14.2 Å². The lowest BCUT2D eigenvalue weighted by molar-refractivity contribution is 0.229. The second-order valence-electron chi connectivity index (χ2n) is 43.0. The molecule has 1 fully saturated rings. The van der Waals surface area contributed by atoms with Gasteiger partial charge < -0.3 is 14.2 Å². The van der Waals surface area contributed by atoms with Crippen molar-refractivity contribution in [1.29, 1.82) is 0 Å². The number of hydrogen-bond donors (Lipinski definition) is 0. The maximum atomic E-state index is 7.73. The molecule has 34 rings (SSSR count). The summed E-state index contributed by atoms with van der Waals surface area (Å²) >= 11 is 0. The van der Waals surface area contributed by atoms with Gasteiger partial charge >= 0.3 is 0 Å². The second kappa shape index (κ2) is 22.2. The van der Waals surface area contributed by atoms with Crippen LogP contribution in [-0.2, 0) is 10.8 Å². The molecule has 1 saturated heterocycles. The topological polar surface area (TPSA) is 30.9 Å². The highest BCUT2D eigenvalue weighted by atomic mass is 16.5. The Balaban J connectivity index is 0.583. The van der Waals surface area contributed by atoms with Crippen LogP contribution in [0.25, 0.3) is 291 Å². The summed E-state index contributed by atoms with van der Waals surface area (Å²) in [7, 11) is 2.64. The molecule has 29 aromatic rings. The van der Waals surface area contributed by atoms with E-state index in [2.05, 4.69) is 44.9 Å². The van der Waals surface area contributed by atoms with Gasteiger partial charge in [0.15, 0.2) is 11.5 Å². The third kappa shape index (κ3) is 6.52. The van der Waals surface area contributed by atoms with Crippen molar-refractivity contribution in [2.24, 2.45) is 0 Å². The smallest absolute Gasteiger partial charge is 0.203 e. The third-order valence-corrected chi connectivity index (χ3v) is 37.5. The average Bonchev–Trinajstić information content (AvgIpc) is 1.38. The van der Waals surface area contributed by atoms with Crippen molar-refractivity contribution in [3.63, 3.8) is 0 Å². The van der Waals surface area contributed by atoms with Gasteiger partial charge in [-0.25, -0.2) is 0 Å². The van der Waals surface area contributed by atoms with Gasteiger partial charge in [-0.2, -0.15) is 0 Å². The van der Waals surface area contributed by atoms with Crippen molar-refractivity contribution in [2.75, 3.05) is 33.4 Å². The molecule has 1 heterocycles. The van der Waals surface area contributed by atoms with Gasteiger partial charge in [0.2, 0.25) is 5.75 Å². The van der Waals surface area contributed by atoms with Crippen LogP contribution in [0.15, 0.2) is 12.1 Å². The van der Waals surface area contributed by atoms with Gasteiger partial charge in [-0.3, -0.25) is 4.90 Å². The first-order chi connectivity index (χ1) is 60.2. The molecular weight excluding hydrogens is 1470 g/mol. The quantitative estimate of drug-likeness (QED) is 0.0281. The minimum atomic E-state index is -0.498. The highest BCUT2D eigenvalue weighted by molar-refractivity contribution is 6.82. The summed E-state index contributed by atoms with van der Waals surface area (Å²) in [5.74, 6) is 2.75. The first-order valence-electron chi connectivity index (χ1n) is 50.7. The number of rotatable bonds is 49. The lowest BCUT2D eigenvalue weighted by Gasteiger charge is -2.52. The number of likely N-dealkylation sites (N-methyl/N-ethyl adjacent to an activating group) is 1. The van der Waals surface area contributed by atoms with Gasteiger partial charge in [0.25, 0.3) is 0 Å². The van der Waals surface area contributed by atoms with Crippen molar-refractivity contribution >= 4 is 291 Å². The zero-order valence-electron chi connectivity index (χ0n) is 71.9. The first-order valence-corrected chi connectivity index (χ1v) is 50.7. The molecule has 0 bridgehead atoms. The summed E-state index contributed by atoms with van der Waals surface area (Å²) in [4.78, 5) is 3.02. The molecule has 598 valence electrons. The van der Waals surface area contributed by atoms with Crippen LogP contribution in [0.1, 0.15) is 324 Å². The highest BCUT2D eigenvalue weighted by Gasteiger charge is 2.76. The minimum absolute atomic E-state index is 0.0464. The van der Waals surface area contributed by atoms with E-state index in [1.807, 2.05) is 0 Å². The largest absolute Gasteiger partial charge is 0.490 e. The molecular formula is C117H107NO3. The third-order valence-electron chi connectivity index (χ3n) is 37.5. The molecule has 4 nitrogen and oxygen atoms in total. The first kappa shape index (κ1) is 66.6. The summed E-state index contributed by atoms with van der Waals surface area (Å²) in [5, 5.41) is 90.0. The molecule has 4 aliphatic carbocycles. The van der Waals surface area contributed by atoms with Crippen molar-refractivity contribution in [2.45, 2.75) is 307 Å². The molecule has 4 heteroatoms. The monoisotopic (exact) mass is 1570 g/mol. The van der Waals surface area contributed by atoms with Gasteiger partial charge in [-0.1, -0.05) is 271 Å². The van der Waals surface area contributed by atoms with Crippen LogP contribution in [0.5, 0.6) is 17.2 Å². The summed E-state index contributed by atoms with van der Waals surface area (Å²) in [6.07, 6.45) is 56.6. The van der Waals surface area contributed by atoms with Crippen molar-refractivity contribution in [1.82, 2.24) is 4.90 Å². The van der Waals surface area contributed by atoms with E-state index in [0.717, 1.165) is 43.1 Å². The number of likely N-dealkylation sites (tertiary alicyclic amines) is 1. The zero-order chi connectivity index (χ0) is 78.0. The molecule has 0 radical (unpaired) electrons. The van der Waals surface area contributed by atoms with Crippen LogP contribution in [0.2, 0.25) is 0 Å². The Morgan fingerprint density at radius 3 is 0.579 bits per heavy atom. The summed E-state index contributed by atoms with van der Waals surface area (Å²) in [5.41, 5.74) is 7.48. The average molecular weight is 1580 g/mol. The van der Waals surface area contributed by atoms with Crippen LogP contribution < -0.4 is 14.2 Å². The highest BCUT2D eigenvalue weighted by Crippen LogP contribution is 2.87. The Morgan fingerprint density at radius 1 is 0.215 bits per heavy atom. The van der Waals surface area contributed by atoms with Gasteiger partial charge in [-0.15, -0.1) is 0 Å². The van der Waals surface area contributed by atoms with Crippen LogP contribution in [0, 0.1) is 0 Å². The molecule has 0 amide bonds. The number of ether oxygens (including phenoxy) is 3. The Bertz CT molecular complexity index is 8330. The van der Waals surface area contributed by atoms with E-state index in [-0.39, 0.29) is 6.04 Å². The number of unbranched alkanes of at least 4 members (excludes halogenated alkanes) is 39. The fourth-order valence-electron chi connectivity index (χ4n) is 34.1. The molecule has 5 aliphatic rings. The Kier molecular flexibility index (Phi) is 12.2. The molecule has 0 saturated carbocycles. The van der Waals surface area contributed by atoms with Gasteiger partial charge in [0.05, 0.1) is 30.7 Å². The number of nitrogens with zero attached hydrogens (tertiary/aromatic N) is 1. The summed E-state index contributed by atoms with van der Waals surface area (Å²) < 4.78 is 23.0. The summed E-state index contributed by atoms with van der Waals surface area (Å²) in [6, 6.07) is 5.22. The van der Waals surface area contributed by atoms with E-state index in [0.29, 0.717) is 19.8 Å². The van der Waals surface area contributed by atoms with E-state index < -0.39 is 10.8 Å². The SMILES string of the molecule is CCCCCCCCCCCCCCCCOc1cc(C2N(C)CC34c5c6c7c8c9c%10c(c%11c%12c3c3c5c5c%13c6c6c7c7c9c9c%14c%10c%10c%11c%11c%12c%12c3c3c5c5c%13c%13c6c6c7c9c7c9c%14c%10c%10c%11c%11c%12c3c3c5c5c%13c6c7c6c9c%10c%11c3c56)C824)cc(OCCCCCCCCCCCCCCCC)c1OCCCCCCCCCCCCCCCC. The lowest BCUT2D eigenvalue weighted by atomic mass is 9.47. The molecule has 0 N–H and O–H groups in total. The predicted octanol–water partition coefficient (Wildman–Crippen LogP) is 35.6. The standard InChI is InChI=1S/C117H107NO3/c1-5-8-11-14-17-20-23-26-29-32-35-38-41-44-47-119-54-50-53(51-55(120-48-45-42-39-36-33-30-27-24-21-18-15-12-9-6-2)114(54)121-49-46-43-40-37-34-31-28-25-22-19-16-13-10-7-3)115-117-112-106-100-90-78-70-62-58-56-57-60-64(62)72(78)82-76-68(60)69-61(57)65-63-59(56)67-66(58)74-80(70)88-94-84(74)85-75(67)81-71(63)79-73(65)83-77(69)87-86(76)98(92(82)100)108(112)109-99(87)93(83)101-91(79)97-89(81)95(85)103-102(94)110(104(106)96(88)90)116(117,52-118(115)4)111(103)105(97)107(101)113(109)117/h50-51,115H,5-49,52H2,1-4H3. The Labute approximate surface area is 703 Å². The maximum Gasteiger partial charge on any atom is 0.203 e. The van der Waals surface area contributed by atoms with Gasteiger partial charge in [0.1, 0.15) is 0 Å². The van der Waals surface area contributed by atoms with Crippen molar-refractivity contribution in [3.8, 4) is 17.2 Å². The van der Waals surface area contributed by atoms with Gasteiger partial charge in [-0.05, 0) is 357 Å². The Morgan fingerprint density at radius 2 is 0.380 bits per heavy atom. The minimum Gasteiger partial charge on any atom is -0.490 e. The molecule has 1 aliphatic heterocycles. The zero-order valence-corrected chi connectivity index (χ0v) is 71.9.